The zero-order valence-corrected chi connectivity index (χ0v) is 24.2. The van der Waals surface area contributed by atoms with Crippen LogP contribution >= 0.6 is 0 Å². The quantitative estimate of drug-likeness (QED) is 0.150. The van der Waals surface area contributed by atoms with Gasteiger partial charge in [0.15, 0.2) is 0 Å². The van der Waals surface area contributed by atoms with Gasteiger partial charge in [0.05, 0.1) is 0 Å². The molecule has 0 amide bonds. The van der Waals surface area contributed by atoms with E-state index in [0.717, 1.165) is 0 Å². The van der Waals surface area contributed by atoms with Gasteiger partial charge in [0.2, 0.25) is 0 Å². The van der Waals surface area contributed by atoms with Gasteiger partial charge >= 0.3 is 0 Å². The van der Waals surface area contributed by atoms with Crippen LogP contribution in [-0.4, -0.2) is 0 Å². The highest BCUT2D eigenvalue weighted by atomic mass is 14.2. The summed E-state index contributed by atoms with van der Waals surface area (Å²) in [5.74, 6) is 0. The third-order valence-corrected chi connectivity index (χ3v) is 9.20. The Morgan fingerprint density at radius 1 is 0.205 bits per heavy atom. The van der Waals surface area contributed by atoms with Crippen molar-refractivity contribution in [2.45, 2.75) is 0 Å². The van der Waals surface area contributed by atoms with E-state index in [4.69, 9.17) is 0 Å². The second kappa shape index (κ2) is 9.93. The maximum Gasteiger partial charge on any atom is -0.00261 e. The Hall–Kier alpha value is -5.72. The average Bonchev–Trinajstić information content (AvgIpc) is 3.10. The Morgan fingerprint density at radius 2 is 0.614 bits per heavy atom. The molecule has 0 heterocycles. The molecule has 9 rings (SSSR count). The van der Waals surface area contributed by atoms with E-state index in [2.05, 4.69) is 170 Å². The molecule has 0 bridgehead atoms. The second-order valence-corrected chi connectivity index (χ2v) is 11.7. The summed E-state index contributed by atoms with van der Waals surface area (Å²) in [5.41, 5.74) is 7.57. The molecule has 0 unspecified atom stereocenters. The zero-order valence-electron chi connectivity index (χ0n) is 24.2. The monoisotopic (exact) mass is 556 g/mol. The minimum Gasteiger partial charge on any atom is -0.0622 e. The van der Waals surface area contributed by atoms with Gasteiger partial charge in [-0.1, -0.05) is 152 Å². The number of rotatable bonds is 3. The third-order valence-electron chi connectivity index (χ3n) is 9.20. The lowest BCUT2D eigenvalue weighted by molar-refractivity contribution is 1.64. The minimum atomic E-state index is 1.24. The molecule has 0 atom stereocenters. The smallest absolute Gasteiger partial charge is 0.00261 e. The Balaban J connectivity index is 1.29. The molecular formula is C44H28. The van der Waals surface area contributed by atoms with Crippen molar-refractivity contribution < 1.29 is 0 Å². The highest BCUT2D eigenvalue weighted by Gasteiger charge is 2.17. The van der Waals surface area contributed by atoms with E-state index in [1.807, 2.05) is 0 Å². The molecule has 9 aromatic carbocycles. The summed E-state index contributed by atoms with van der Waals surface area (Å²) in [4.78, 5) is 0. The average molecular weight is 557 g/mol. The van der Waals surface area contributed by atoms with Gasteiger partial charge in [-0.05, 0) is 105 Å². The maximum absolute atomic E-state index is 2.39. The van der Waals surface area contributed by atoms with Crippen LogP contribution in [0.5, 0.6) is 0 Å². The van der Waals surface area contributed by atoms with Crippen LogP contribution < -0.4 is 0 Å². The lowest BCUT2D eigenvalue weighted by Crippen LogP contribution is -1.91. The van der Waals surface area contributed by atoms with Crippen molar-refractivity contribution in [2.24, 2.45) is 0 Å². The predicted octanol–water partition coefficient (Wildman–Crippen LogP) is 12.5. The van der Waals surface area contributed by atoms with Crippen molar-refractivity contribution in [3.8, 4) is 33.4 Å². The summed E-state index contributed by atoms with van der Waals surface area (Å²) >= 11 is 0. The standard InChI is InChI=1S/C44H28/c1-2-10-29(11-3-1)32-21-22-34-27-35(25-23-33(34)26-32)43-38-14-6-8-16-40(38)44(41-17-9-7-15-39(41)43)36-24-20-31-19-18-30-12-4-5-13-37(30)42(31)28-36/h1-28H. The largest absolute Gasteiger partial charge is 0.0622 e. The molecule has 0 aliphatic carbocycles. The summed E-state index contributed by atoms with van der Waals surface area (Å²) in [5, 5.41) is 12.7. The lowest BCUT2D eigenvalue weighted by Gasteiger charge is -2.18. The van der Waals surface area contributed by atoms with Gasteiger partial charge in [0.1, 0.15) is 0 Å². The molecule has 0 aliphatic heterocycles. The maximum atomic E-state index is 2.39. The lowest BCUT2D eigenvalue weighted by atomic mass is 9.85. The Kier molecular flexibility index (Phi) is 5.61. The van der Waals surface area contributed by atoms with E-state index in [1.165, 1.54) is 87.2 Å². The zero-order chi connectivity index (χ0) is 29.0. The normalized spacial score (nSPS) is 11.6. The van der Waals surface area contributed by atoms with Crippen LogP contribution in [0.15, 0.2) is 170 Å². The fraction of sp³-hybridized carbons (Fsp3) is 0. The Bertz CT molecular complexity index is 2480. The fourth-order valence-corrected chi connectivity index (χ4v) is 7.12. The first-order chi connectivity index (χ1) is 21.8. The van der Waals surface area contributed by atoms with Gasteiger partial charge in [-0.15, -0.1) is 0 Å². The van der Waals surface area contributed by atoms with Crippen LogP contribution in [0.4, 0.5) is 0 Å². The summed E-state index contributed by atoms with van der Waals surface area (Å²) in [6, 6.07) is 62.4. The van der Waals surface area contributed by atoms with Crippen molar-refractivity contribution in [3.05, 3.63) is 170 Å². The summed E-state index contributed by atoms with van der Waals surface area (Å²) < 4.78 is 0. The van der Waals surface area contributed by atoms with E-state index in [0.29, 0.717) is 0 Å². The van der Waals surface area contributed by atoms with Crippen LogP contribution in [0, 0.1) is 0 Å². The molecule has 9 aromatic rings. The van der Waals surface area contributed by atoms with E-state index >= 15 is 0 Å². The molecular weight excluding hydrogens is 528 g/mol. The molecule has 0 aliphatic rings. The first-order valence-corrected chi connectivity index (χ1v) is 15.3. The highest BCUT2D eigenvalue weighted by Crippen LogP contribution is 2.45. The fourth-order valence-electron chi connectivity index (χ4n) is 7.12. The molecule has 0 saturated carbocycles. The van der Waals surface area contributed by atoms with Gasteiger partial charge in [-0.25, -0.2) is 0 Å². The molecule has 0 N–H and O–H groups in total. The summed E-state index contributed by atoms with van der Waals surface area (Å²) in [6.45, 7) is 0. The Labute approximate surface area is 256 Å². The van der Waals surface area contributed by atoms with E-state index < -0.39 is 0 Å². The minimum absolute atomic E-state index is 1.24. The van der Waals surface area contributed by atoms with Crippen molar-refractivity contribution in [2.75, 3.05) is 0 Å². The number of fused-ring (bicyclic) bond motifs is 6. The third kappa shape index (κ3) is 3.92. The Morgan fingerprint density at radius 3 is 1.23 bits per heavy atom. The van der Waals surface area contributed by atoms with E-state index in [9.17, 15) is 0 Å². The van der Waals surface area contributed by atoms with Gasteiger partial charge < -0.3 is 0 Å². The van der Waals surface area contributed by atoms with Crippen LogP contribution in [0.1, 0.15) is 0 Å². The first-order valence-electron chi connectivity index (χ1n) is 15.3. The van der Waals surface area contributed by atoms with E-state index in [1.54, 1.807) is 0 Å². The van der Waals surface area contributed by atoms with Crippen molar-refractivity contribution >= 4 is 53.9 Å². The molecule has 0 radical (unpaired) electrons. The molecule has 0 aromatic heterocycles. The van der Waals surface area contributed by atoms with Crippen LogP contribution in [0.25, 0.3) is 87.2 Å². The van der Waals surface area contributed by atoms with Gasteiger partial charge in [-0.3, -0.25) is 0 Å². The molecule has 0 heteroatoms. The van der Waals surface area contributed by atoms with Gasteiger partial charge in [-0.2, -0.15) is 0 Å². The molecule has 0 spiro atoms. The van der Waals surface area contributed by atoms with Gasteiger partial charge in [0.25, 0.3) is 0 Å². The SMILES string of the molecule is c1ccc(-c2ccc3cc(-c4c5ccccc5c(-c5ccc6ccc7ccccc7c6c5)c5ccccc45)ccc3c2)cc1. The highest BCUT2D eigenvalue weighted by molar-refractivity contribution is 6.22. The first kappa shape index (κ1) is 24.8. The number of hydrogen-bond acceptors (Lipinski definition) is 0. The molecule has 0 nitrogen and oxygen atoms in total. The summed E-state index contributed by atoms with van der Waals surface area (Å²) in [6.07, 6.45) is 0. The predicted molar refractivity (Wildman–Crippen MR) is 190 cm³/mol. The van der Waals surface area contributed by atoms with E-state index in [-0.39, 0.29) is 0 Å². The van der Waals surface area contributed by atoms with Crippen molar-refractivity contribution in [1.29, 1.82) is 0 Å². The molecule has 44 heavy (non-hydrogen) atoms. The van der Waals surface area contributed by atoms with Crippen molar-refractivity contribution in [3.63, 3.8) is 0 Å². The molecule has 204 valence electrons. The number of benzene rings is 9. The molecule has 0 saturated heterocycles. The van der Waals surface area contributed by atoms with Crippen LogP contribution in [-0.2, 0) is 0 Å². The van der Waals surface area contributed by atoms with Gasteiger partial charge in [0, 0.05) is 0 Å². The second-order valence-electron chi connectivity index (χ2n) is 11.7. The topological polar surface area (TPSA) is 0 Å². The van der Waals surface area contributed by atoms with Crippen LogP contribution in [0.3, 0.4) is 0 Å². The summed E-state index contributed by atoms with van der Waals surface area (Å²) in [7, 11) is 0. The number of hydrogen-bond donors (Lipinski definition) is 0. The van der Waals surface area contributed by atoms with Crippen LogP contribution in [0.2, 0.25) is 0 Å². The van der Waals surface area contributed by atoms with Crippen molar-refractivity contribution in [1.82, 2.24) is 0 Å². The molecule has 0 fully saturated rings.